The first-order chi connectivity index (χ1) is 13.0. The number of amides is 2. The monoisotopic (exact) mass is 427 g/mol. The molecule has 8 heteroatoms. The number of para-hydroxylation sites is 1. The SMILES string of the molecule is Cc1nn(-c2ccccc2)c(C)c1/C=C/C(=O)NNC(=O)c1cc(Br)c[nH]1. The molecule has 0 saturated heterocycles. The van der Waals surface area contributed by atoms with Gasteiger partial charge < -0.3 is 4.98 Å². The summed E-state index contributed by atoms with van der Waals surface area (Å²) in [5.41, 5.74) is 8.56. The number of hydrogen-bond donors (Lipinski definition) is 3. The Hall–Kier alpha value is -3.13. The first-order valence-electron chi connectivity index (χ1n) is 8.19. The van der Waals surface area contributed by atoms with E-state index in [0.717, 1.165) is 27.1 Å². The van der Waals surface area contributed by atoms with Crippen LogP contribution in [0.25, 0.3) is 11.8 Å². The van der Waals surface area contributed by atoms with E-state index in [1.165, 1.54) is 6.08 Å². The van der Waals surface area contributed by atoms with E-state index < -0.39 is 11.8 Å². The van der Waals surface area contributed by atoms with Gasteiger partial charge in [0.2, 0.25) is 0 Å². The number of rotatable bonds is 4. The Kier molecular flexibility index (Phi) is 5.56. The fourth-order valence-corrected chi connectivity index (χ4v) is 2.95. The fourth-order valence-electron chi connectivity index (χ4n) is 2.60. The number of hydrazine groups is 1. The molecule has 3 aromatic rings. The molecule has 3 rings (SSSR count). The zero-order valence-corrected chi connectivity index (χ0v) is 16.4. The quantitative estimate of drug-likeness (QED) is 0.441. The van der Waals surface area contributed by atoms with Crippen molar-refractivity contribution in [2.75, 3.05) is 0 Å². The summed E-state index contributed by atoms with van der Waals surface area (Å²) in [7, 11) is 0. The third-order valence-corrected chi connectivity index (χ3v) is 4.40. The van der Waals surface area contributed by atoms with Gasteiger partial charge in [-0.2, -0.15) is 5.10 Å². The van der Waals surface area contributed by atoms with E-state index in [9.17, 15) is 9.59 Å². The molecule has 0 aliphatic heterocycles. The summed E-state index contributed by atoms with van der Waals surface area (Å²) in [6.45, 7) is 3.82. The third-order valence-electron chi connectivity index (χ3n) is 3.94. The molecule has 27 heavy (non-hydrogen) atoms. The van der Waals surface area contributed by atoms with Crippen LogP contribution >= 0.6 is 15.9 Å². The molecule has 2 heterocycles. The zero-order chi connectivity index (χ0) is 19.4. The second-order valence-electron chi connectivity index (χ2n) is 5.84. The molecule has 0 aliphatic rings. The highest BCUT2D eigenvalue weighted by molar-refractivity contribution is 9.10. The average Bonchev–Trinajstić information content (AvgIpc) is 3.22. The number of benzene rings is 1. The first-order valence-corrected chi connectivity index (χ1v) is 8.99. The predicted molar refractivity (Wildman–Crippen MR) is 106 cm³/mol. The predicted octanol–water partition coefficient (Wildman–Crippen LogP) is 3.05. The van der Waals surface area contributed by atoms with Gasteiger partial charge in [0.1, 0.15) is 5.69 Å². The molecule has 2 aromatic heterocycles. The van der Waals surface area contributed by atoms with Gasteiger partial charge in [0, 0.05) is 28.0 Å². The lowest BCUT2D eigenvalue weighted by atomic mass is 10.2. The van der Waals surface area contributed by atoms with Crippen molar-refractivity contribution in [2.24, 2.45) is 0 Å². The van der Waals surface area contributed by atoms with Crippen LogP contribution < -0.4 is 10.9 Å². The molecule has 3 N–H and O–H groups in total. The van der Waals surface area contributed by atoms with Gasteiger partial charge in [-0.1, -0.05) is 18.2 Å². The van der Waals surface area contributed by atoms with Gasteiger partial charge in [-0.3, -0.25) is 20.4 Å². The number of H-pyrrole nitrogens is 1. The Balaban J connectivity index is 1.66. The molecule has 0 radical (unpaired) electrons. The number of nitrogens with one attached hydrogen (secondary N) is 3. The van der Waals surface area contributed by atoms with Crippen molar-refractivity contribution >= 4 is 33.8 Å². The van der Waals surface area contributed by atoms with Crippen molar-refractivity contribution < 1.29 is 9.59 Å². The smallest absolute Gasteiger partial charge is 0.286 e. The zero-order valence-electron chi connectivity index (χ0n) is 14.8. The summed E-state index contributed by atoms with van der Waals surface area (Å²) < 4.78 is 2.58. The highest BCUT2D eigenvalue weighted by atomic mass is 79.9. The molecule has 138 valence electrons. The summed E-state index contributed by atoms with van der Waals surface area (Å²) in [5, 5.41) is 4.53. The van der Waals surface area contributed by atoms with Crippen LogP contribution in [0.2, 0.25) is 0 Å². The Bertz CT molecular complexity index is 1000. The van der Waals surface area contributed by atoms with Gasteiger partial charge in [-0.25, -0.2) is 4.68 Å². The van der Waals surface area contributed by atoms with Crippen molar-refractivity contribution in [3.63, 3.8) is 0 Å². The number of nitrogens with zero attached hydrogens (tertiary/aromatic N) is 2. The van der Waals surface area contributed by atoms with Crippen molar-refractivity contribution in [2.45, 2.75) is 13.8 Å². The molecule has 0 atom stereocenters. The van der Waals surface area contributed by atoms with E-state index in [2.05, 4.69) is 36.9 Å². The lowest BCUT2D eigenvalue weighted by Crippen LogP contribution is -2.40. The van der Waals surface area contributed by atoms with Crippen LogP contribution in [0.3, 0.4) is 0 Å². The van der Waals surface area contributed by atoms with Crippen LogP contribution in [0.1, 0.15) is 27.4 Å². The summed E-state index contributed by atoms with van der Waals surface area (Å²) in [5.74, 6) is -0.882. The van der Waals surface area contributed by atoms with Crippen LogP contribution in [0.4, 0.5) is 0 Å². The molecular formula is C19H18BrN5O2. The summed E-state index contributed by atoms with van der Waals surface area (Å²) in [6.07, 6.45) is 4.67. The highest BCUT2D eigenvalue weighted by Crippen LogP contribution is 2.19. The van der Waals surface area contributed by atoms with Crippen molar-refractivity contribution in [3.05, 3.63) is 75.8 Å². The molecule has 7 nitrogen and oxygen atoms in total. The maximum Gasteiger partial charge on any atom is 0.286 e. The maximum absolute atomic E-state index is 12.0. The Morgan fingerprint density at radius 1 is 1.19 bits per heavy atom. The molecule has 2 amide bonds. The van der Waals surface area contributed by atoms with E-state index in [0.29, 0.717) is 5.69 Å². The van der Waals surface area contributed by atoms with E-state index in [4.69, 9.17) is 0 Å². The first kappa shape index (κ1) is 18.7. The highest BCUT2D eigenvalue weighted by Gasteiger charge is 2.11. The number of halogens is 1. The molecule has 1 aromatic carbocycles. The minimum Gasteiger partial charge on any atom is -0.356 e. The molecule has 0 fully saturated rings. The van der Waals surface area contributed by atoms with Gasteiger partial charge >= 0.3 is 0 Å². The normalized spacial score (nSPS) is 10.9. The van der Waals surface area contributed by atoms with E-state index in [-0.39, 0.29) is 0 Å². The standard InChI is InChI=1S/C19H18BrN5O2/c1-12-16(13(2)25(24-12)15-6-4-3-5-7-15)8-9-18(26)22-23-19(27)17-10-14(20)11-21-17/h3-11,21H,1-2H3,(H,22,26)(H,23,27)/b9-8+. The number of aromatic amines is 1. The summed E-state index contributed by atoms with van der Waals surface area (Å²) in [6, 6.07) is 11.4. The number of carbonyl (C=O) groups is 2. The number of carbonyl (C=O) groups excluding carboxylic acids is 2. The Labute approximate surface area is 164 Å². The van der Waals surface area contributed by atoms with Crippen LogP contribution in [-0.4, -0.2) is 26.6 Å². The van der Waals surface area contributed by atoms with Crippen molar-refractivity contribution in [3.8, 4) is 5.69 Å². The molecule has 0 saturated carbocycles. The topological polar surface area (TPSA) is 91.8 Å². The summed E-state index contributed by atoms with van der Waals surface area (Å²) in [4.78, 5) is 26.7. The summed E-state index contributed by atoms with van der Waals surface area (Å²) >= 11 is 3.25. The van der Waals surface area contributed by atoms with E-state index >= 15 is 0 Å². The minimum atomic E-state index is -0.444. The van der Waals surface area contributed by atoms with Gasteiger partial charge in [-0.15, -0.1) is 0 Å². The molecule has 0 aliphatic carbocycles. The molecule has 0 spiro atoms. The van der Waals surface area contributed by atoms with Gasteiger partial charge in [0.25, 0.3) is 11.8 Å². The number of hydrogen-bond acceptors (Lipinski definition) is 3. The lowest BCUT2D eigenvalue weighted by Gasteiger charge is -2.04. The molecule has 0 bridgehead atoms. The molecule has 0 unspecified atom stereocenters. The van der Waals surface area contributed by atoms with E-state index in [1.54, 1.807) is 18.3 Å². The van der Waals surface area contributed by atoms with Crippen LogP contribution in [0.5, 0.6) is 0 Å². The van der Waals surface area contributed by atoms with Gasteiger partial charge in [-0.05, 0) is 54.1 Å². The Morgan fingerprint density at radius 2 is 1.93 bits per heavy atom. The van der Waals surface area contributed by atoms with Crippen LogP contribution in [-0.2, 0) is 4.79 Å². The van der Waals surface area contributed by atoms with Gasteiger partial charge in [0.05, 0.1) is 11.4 Å². The largest absolute Gasteiger partial charge is 0.356 e. The van der Waals surface area contributed by atoms with Crippen LogP contribution in [0.15, 0.2) is 53.1 Å². The van der Waals surface area contributed by atoms with E-state index in [1.807, 2.05) is 48.9 Å². The fraction of sp³-hybridized carbons (Fsp3) is 0.105. The van der Waals surface area contributed by atoms with Crippen molar-refractivity contribution in [1.29, 1.82) is 0 Å². The Morgan fingerprint density at radius 3 is 2.59 bits per heavy atom. The van der Waals surface area contributed by atoms with Gasteiger partial charge in [0.15, 0.2) is 0 Å². The lowest BCUT2D eigenvalue weighted by molar-refractivity contribution is -0.117. The van der Waals surface area contributed by atoms with Crippen LogP contribution in [0, 0.1) is 13.8 Å². The average molecular weight is 428 g/mol. The molecular weight excluding hydrogens is 410 g/mol. The number of aromatic nitrogens is 3. The third kappa shape index (κ3) is 4.35. The van der Waals surface area contributed by atoms with Crippen molar-refractivity contribution in [1.82, 2.24) is 25.6 Å². The maximum atomic E-state index is 12.0. The second kappa shape index (κ2) is 8.05. The second-order valence-corrected chi connectivity index (χ2v) is 6.76. The minimum absolute atomic E-state index is 0.335. The number of aryl methyl sites for hydroxylation is 1.